The standard InChI is InChI=1S/C22H24N4O8/c1-3-33-21(27)23(17-7-11-19(12-8-17)25(29)30)15-5-6-16-24(22(28)34-4-2)18-9-13-20(14-10-18)26(31)32/h5-14H,3-4,15-16H2,1-2H3/b6-5+. The first kappa shape index (κ1) is 25.8. The SMILES string of the molecule is CCOC(=O)N(C/C=C/CN(C(=O)OCC)c1ccc([N+](=O)[O-])cc1)c1ccc([N+](=O)[O-])cc1. The first-order chi connectivity index (χ1) is 16.3. The van der Waals surface area contributed by atoms with E-state index in [1.165, 1.54) is 58.3 Å². The van der Waals surface area contributed by atoms with Crippen LogP contribution in [0.15, 0.2) is 60.7 Å². The second-order valence-corrected chi connectivity index (χ2v) is 6.64. The third-order valence-electron chi connectivity index (χ3n) is 4.46. The van der Waals surface area contributed by atoms with Crippen molar-refractivity contribution in [3.05, 3.63) is 80.9 Å². The van der Waals surface area contributed by atoms with Crippen LogP contribution in [0.4, 0.5) is 32.3 Å². The zero-order chi connectivity index (χ0) is 25.1. The van der Waals surface area contributed by atoms with E-state index in [0.717, 1.165) is 0 Å². The van der Waals surface area contributed by atoms with E-state index >= 15 is 0 Å². The van der Waals surface area contributed by atoms with Crippen molar-refractivity contribution in [3.63, 3.8) is 0 Å². The summed E-state index contributed by atoms with van der Waals surface area (Å²) in [5.74, 6) is 0. The first-order valence-electron chi connectivity index (χ1n) is 10.3. The minimum absolute atomic E-state index is 0.0631. The van der Waals surface area contributed by atoms with Crippen LogP contribution in [0.3, 0.4) is 0 Å². The van der Waals surface area contributed by atoms with Crippen LogP contribution in [-0.2, 0) is 9.47 Å². The molecule has 0 bridgehead atoms. The van der Waals surface area contributed by atoms with Crippen molar-refractivity contribution in [2.75, 3.05) is 36.1 Å². The van der Waals surface area contributed by atoms with E-state index in [1.54, 1.807) is 26.0 Å². The normalized spacial score (nSPS) is 10.5. The molecule has 0 fully saturated rings. The maximum atomic E-state index is 12.4. The average molecular weight is 472 g/mol. The summed E-state index contributed by atoms with van der Waals surface area (Å²) in [5.41, 5.74) is 0.560. The lowest BCUT2D eigenvalue weighted by Gasteiger charge is -2.22. The van der Waals surface area contributed by atoms with Crippen molar-refractivity contribution in [1.29, 1.82) is 0 Å². The number of carbonyl (C=O) groups is 2. The number of hydrogen-bond donors (Lipinski definition) is 0. The molecule has 0 aliphatic heterocycles. The third-order valence-corrected chi connectivity index (χ3v) is 4.46. The van der Waals surface area contributed by atoms with Crippen LogP contribution in [0.25, 0.3) is 0 Å². The van der Waals surface area contributed by atoms with E-state index in [1.807, 2.05) is 0 Å². The number of benzene rings is 2. The fourth-order valence-corrected chi connectivity index (χ4v) is 2.84. The van der Waals surface area contributed by atoms with Gasteiger partial charge in [-0.15, -0.1) is 0 Å². The van der Waals surface area contributed by atoms with Gasteiger partial charge in [-0.2, -0.15) is 0 Å². The van der Waals surface area contributed by atoms with Crippen molar-refractivity contribution in [2.45, 2.75) is 13.8 Å². The predicted octanol–water partition coefficient (Wildman–Crippen LogP) is 4.69. The molecule has 0 spiro atoms. The van der Waals surface area contributed by atoms with Crippen LogP contribution in [0.2, 0.25) is 0 Å². The lowest BCUT2D eigenvalue weighted by atomic mass is 10.2. The maximum absolute atomic E-state index is 12.4. The highest BCUT2D eigenvalue weighted by molar-refractivity contribution is 5.89. The van der Waals surface area contributed by atoms with Crippen LogP contribution < -0.4 is 9.80 Å². The number of amides is 2. The second-order valence-electron chi connectivity index (χ2n) is 6.64. The van der Waals surface area contributed by atoms with E-state index < -0.39 is 22.0 Å². The van der Waals surface area contributed by atoms with Gasteiger partial charge in [0, 0.05) is 48.7 Å². The number of nitrogens with zero attached hydrogens (tertiary/aromatic N) is 4. The molecule has 0 saturated carbocycles. The molecule has 0 aromatic heterocycles. The number of non-ortho nitro benzene ring substituents is 2. The molecule has 0 unspecified atom stereocenters. The highest BCUT2D eigenvalue weighted by Crippen LogP contribution is 2.22. The summed E-state index contributed by atoms with van der Waals surface area (Å²) in [7, 11) is 0. The molecule has 12 heteroatoms. The Morgan fingerprint density at radius 1 is 0.735 bits per heavy atom. The molecular formula is C22H24N4O8. The molecule has 0 atom stereocenters. The summed E-state index contributed by atoms with van der Waals surface area (Å²) in [6.07, 6.45) is 1.96. The number of nitro groups is 2. The van der Waals surface area contributed by atoms with Crippen molar-refractivity contribution in [3.8, 4) is 0 Å². The molecule has 2 amide bonds. The van der Waals surface area contributed by atoms with Gasteiger partial charge in [-0.25, -0.2) is 9.59 Å². The lowest BCUT2D eigenvalue weighted by molar-refractivity contribution is -0.385. The fourth-order valence-electron chi connectivity index (χ4n) is 2.84. The van der Waals surface area contributed by atoms with E-state index in [9.17, 15) is 29.8 Å². The van der Waals surface area contributed by atoms with Gasteiger partial charge in [0.1, 0.15) is 0 Å². The number of anilines is 2. The van der Waals surface area contributed by atoms with Crippen molar-refractivity contribution < 1.29 is 28.9 Å². The molecule has 0 radical (unpaired) electrons. The van der Waals surface area contributed by atoms with Gasteiger partial charge in [0.05, 0.1) is 23.1 Å². The Kier molecular flexibility index (Phi) is 9.50. The zero-order valence-electron chi connectivity index (χ0n) is 18.7. The number of rotatable bonds is 10. The predicted molar refractivity (Wildman–Crippen MR) is 124 cm³/mol. The molecule has 0 heterocycles. The Morgan fingerprint density at radius 2 is 1.06 bits per heavy atom. The Balaban J connectivity index is 2.18. The molecule has 0 aliphatic rings. The minimum atomic E-state index is -0.640. The summed E-state index contributed by atoms with van der Waals surface area (Å²) in [5, 5.41) is 21.8. The summed E-state index contributed by atoms with van der Waals surface area (Å²) in [6.45, 7) is 3.72. The second kappa shape index (κ2) is 12.5. The van der Waals surface area contributed by atoms with Crippen molar-refractivity contribution in [2.24, 2.45) is 0 Å². The fraction of sp³-hybridized carbons (Fsp3) is 0.273. The van der Waals surface area contributed by atoms with E-state index in [0.29, 0.717) is 11.4 Å². The van der Waals surface area contributed by atoms with Crippen LogP contribution in [-0.4, -0.2) is 48.3 Å². The Morgan fingerprint density at radius 3 is 1.32 bits per heavy atom. The number of hydrogen-bond acceptors (Lipinski definition) is 8. The van der Waals surface area contributed by atoms with E-state index in [-0.39, 0.29) is 37.7 Å². The molecule has 12 nitrogen and oxygen atoms in total. The smallest absolute Gasteiger partial charge is 0.414 e. The summed E-state index contributed by atoms with van der Waals surface area (Å²) >= 11 is 0. The molecule has 2 aromatic rings. The van der Waals surface area contributed by atoms with E-state index in [2.05, 4.69) is 0 Å². The first-order valence-corrected chi connectivity index (χ1v) is 10.3. The van der Waals surface area contributed by atoms with Gasteiger partial charge in [-0.05, 0) is 38.1 Å². The molecule has 180 valence electrons. The summed E-state index contributed by atoms with van der Waals surface area (Å²) in [6, 6.07) is 10.9. The van der Waals surface area contributed by atoms with Gasteiger partial charge in [0.25, 0.3) is 11.4 Å². The van der Waals surface area contributed by atoms with Gasteiger partial charge in [0.2, 0.25) is 0 Å². The van der Waals surface area contributed by atoms with Gasteiger partial charge in [-0.3, -0.25) is 30.0 Å². The van der Waals surface area contributed by atoms with Crippen molar-refractivity contribution in [1.82, 2.24) is 0 Å². The van der Waals surface area contributed by atoms with Crippen LogP contribution in [0.5, 0.6) is 0 Å². The molecule has 0 aliphatic carbocycles. The maximum Gasteiger partial charge on any atom is 0.414 e. The third kappa shape index (κ3) is 7.02. The molecule has 0 saturated heterocycles. The Hall–Kier alpha value is -4.48. The van der Waals surface area contributed by atoms with Gasteiger partial charge < -0.3 is 9.47 Å². The monoisotopic (exact) mass is 472 g/mol. The zero-order valence-corrected chi connectivity index (χ0v) is 18.7. The van der Waals surface area contributed by atoms with Gasteiger partial charge in [-0.1, -0.05) is 12.2 Å². The molecular weight excluding hydrogens is 448 g/mol. The number of carbonyl (C=O) groups excluding carboxylic acids is 2. The molecule has 2 rings (SSSR count). The van der Waals surface area contributed by atoms with Crippen LogP contribution in [0, 0.1) is 20.2 Å². The van der Waals surface area contributed by atoms with Gasteiger partial charge in [0.15, 0.2) is 0 Å². The number of nitro benzene ring substituents is 2. The molecule has 0 N–H and O–H groups in total. The largest absolute Gasteiger partial charge is 0.449 e. The minimum Gasteiger partial charge on any atom is -0.449 e. The quantitative estimate of drug-likeness (QED) is 0.275. The number of ether oxygens (including phenoxy) is 2. The average Bonchev–Trinajstić information content (AvgIpc) is 2.82. The van der Waals surface area contributed by atoms with Crippen LogP contribution >= 0.6 is 0 Å². The summed E-state index contributed by atoms with van der Waals surface area (Å²) < 4.78 is 10.1. The Labute approximate surface area is 195 Å². The van der Waals surface area contributed by atoms with Crippen molar-refractivity contribution >= 4 is 34.9 Å². The summed E-state index contributed by atoms with van der Waals surface area (Å²) in [4.78, 5) is 48.0. The van der Waals surface area contributed by atoms with E-state index in [4.69, 9.17) is 9.47 Å². The highest BCUT2D eigenvalue weighted by atomic mass is 16.6. The topological polar surface area (TPSA) is 145 Å². The lowest BCUT2D eigenvalue weighted by Crippen LogP contribution is -2.33. The molecule has 2 aromatic carbocycles. The highest BCUT2D eigenvalue weighted by Gasteiger charge is 2.19. The Bertz CT molecular complexity index is 954. The van der Waals surface area contributed by atoms with Crippen LogP contribution in [0.1, 0.15) is 13.8 Å². The van der Waals surface area contributed by atoms with Gasteiger partial charge >= 0.3 is 12.2 Å². The molecule has 34 heavy (non-hydrogen) atoms.